The van der Waals surface area contributed by atoms with Gasteiger partial charge in [0.25, 0.3) is 0 Å². The molecule has 106 valence electrons. The molecule has 0 aromatic heterocycles. The van der Waals surface area contributed by atoms with Crippen LogP contribution >= 0.6 is 0 Å². The number of rotatable bonds is 5. The highest BCUT2D eigenvalue weighted by atomic mass is 16.5. The smallest absolute Gasteiger partial charge is 0.123 e. The lowest BCUT2D eigenvalue weighted by atomic mass is 10.1. The Morgan fingerprint density at radius 3 is 2.40 bits per heavy atom. The third kappa shape index (κ3) is 3.31. The van der Waals surface area contributed by atoms with Gasteiger partial charge < -0.3 is 15.4 Å². The van der Waals surface area contributed by atoms with E-state index in [9.17, 15) is 0 Å². The Morgan fingerprint density at radius 1 is 1.10 bits per heavy atom. The molecule has 2 aromatic carbocycles. The fourth-order valence-corrected chi connectivity index (χ4v) is 2.25. The molecular formula is C17H22N2O. The zero-order valence-electron chi connectivity index (χ0n) is 12.4. The van der Waals surface area contributed by atoms with Crippen LogP contribution in [0.4, 0.5) is 5.69 Å². The van der Waals surface area contributed by atoms with Gasteiger partial charge in [0, 0.05) is 31.4 Å². The summed E-state index contributed by atoms with van der Waals surface area (Å²) >= 11 is 0. The van der Waals surface area contributed by atoms with Gasteiger partial charge in [-0.15, -0.1) is 0 Å². The molecule has 0 saturated heterocycles. The molecule has 2 aromatic rings. The minimum absolute atomic E-state index is 0.491. The van der Waals surface area contributed by atoms with Crippen molar-refractivity contribution >= 4 is 5.69 Å². The topological polar surface area (TPSA) is 38.5 Å². The van der Waals surface area contributed by atoms with Crippen molar-refractivity contribution < 1.29 is 4.74 Å². The van der Waals surface area contributed by atoms with Crippen LogP contribution in [0.1, 0.15) is 16.7 Å². The average molecular weight is 270 g/mol. The summed E-state index contributed by atoms with van der Waals surface area (Å²) in [7, 11) is 3.77. The maximum absolute atomic E-state index is 5.76. The highest BCUT2D eigenvalue weighted by molar-refractivity contribution is 5.48. The van der Waals surface area contributed by atoms with Gasteiger partial charge in [-0.1, -0.05) is 23.8 Å². The molecule has 2 rings (SSSR count). The van der Waals surface area contributed by atoms with Crippen LogP contribution in [0.15, 0.2) is 42.5 Å². The van der Waals surface area contributed by atoms with E-state index in [1.54, 1.807) is 7.11 Å². The third-order valence-electron chi connectivity index (χ3n) is 3.46. The van der Waals surface area contributed by atoms with Gasteiger partial charge >= 0.3 is 0 Å². The zero-order valence-corrected chi connectivity index (χ0v) is 12.4. The van der Waals surface area contributed by atoms with Gasteiger partial charge in [0.15, 0.2) is 0 Å². The lowest BCUT2D eigenvalue weighted by Crippen LogP contribution is -2.16. The second kappa shape index (κ2) is 6.44. The van der Waals surface area contributed by atoms with Crippen molar-refractivity contribution in [2.45, 2.75) is 20.0 Å². The summed E-state index contributed by atoms with van der Waals surface area (Å²) in [6.45, 7) is 3.44. The van der Waals surface area contributed by atoms with Gasteiger partial charge in [0.2, 0.25) is 0 Å². The molecule has 3 nitrogen and oxygen atoms in total. The number of aryl methyl sites for hydroxylation is 1. The van der Waals surface area contributed by atoms with Crippen LogP contribution < -0.4 is 15.4 Å². The van der Waals surface area contributed by atoms with Crippen LogP contribution in [0.25, 0.3) is 0 Å². The van der Waals surface area contributed by atoms with Gasteiger partial charge in [-0.05, 0) is 36.8 Å². The molecule has 3 heteroatoms. The SMILES string of the molecule is COc1ccc(CN(C)c2ccc(C)cc2)cc1CN. The summed E-state index contributed by atoms with van der Waals surface area (Å²) < 4.78 is 5.30. The standard InChI is InChI=1S/C17H22N2O/c1-13-4-7-16(8-5-13)19(2)12-14-6-9-17(20-3)15(10-14)11-18/h4-10H,11-12,18H2,1-3H3. The Balaban J connectivity index is 2.15. The number of ether oxygens (including phenoxy) is 1. The molecule has 0 radical (unpaired) electrons. The molecule has 0 aliphatic heterocycles. The minimum atomic E-state index is 0.491. The highest BCUT2D eigenvalue weighted by Gasteiger charge is 2.06. The Labute approximate surface area is 121 Å². The molecule has 0 aliphatic rings. The first kappa shape index (κ1) is 14.4. The molecule has 2 N–H and O–H groups in total. The van der Waals surface area contributed by atoms with Crippen LogP contribution in [0, 0.1) is 6.92 Å². The number of nitrogens with zero attached hydrogens (tertiary/aromatic N) is 1. The van der Waals surface area contributed by atoms with Gasteiger partial charge in [0.05, 0.1) is 7.11 Å². The van der Waals surface area contributed by atoms with Crippen LogP contribution in [0.5, 0.6) is 5.75 Å². The maximum Gasteiger partial charge on any atom is 0.123 e. The number of anilines is 1. The largest absolute Gasteiger partial charge is 0.496 e. The van der Waals surface area contributed by atoms with E-state index >= 15 is 0 Å². The molecule has 0 unspecified atom stereocenters. The fourth-order valence-electron chi connectivity index (χ4n) is 2.25. The summed E-state index contributed by atoms with van der Waals surface area (Å²) in [4.78, 5) is 2.22. The first-order valence-electron chi connectivity index (χ1n) is 6.77. The third-order valence-corrected chi connectivity index (χ3v) is 3.46. The summed E-state index contributed by atoms with van der Waals surface area (Å²) in [6, 6.07) is 14.7. The first-order chi connectivity index (χ1) is 9.63. The van der Waals surface area contributed by atoms with E-state index in [0.717, 1.165) is 17.9 Å². The summed E-state index contributed by atoms with van der Waals surface area (Å²) in [5.74, 6) is 0.856. The van der Waals surface area contributed by atoms with Crippen molar-refractivity contribution in [1.29, 1.82) is 0 Å². The van der Waals surface area contributed by atoms with Crippen molar-refractivity contribution in [3.8, 4) is 5.75 Å². The molecule has 0 aliphatic carbocycles. The van der Waals surface area contributed by atoms with Crippen molar-refractivity contribution in [3.05, 3.63) is 59.2 Å². The zero-order chi connectivity index (χ0) is 14.5. The monoisotopic (exact) mass is 270 g/mol. The summed E-state index contributed by atoms with van der Waals surface area (Å²) in [5, 5.41) is 0. The number of methoxy groups -OCH3 is 1. The molecule has 20 heavy (non-hydrogen) atoms. The van der Waals surface area contributed by atoms with E-state index in [4.69, 9.17) is 10.5 Å². The Morgan fingerprint density at radius 2 is 1.80 bits per heavy atom. The van der Waals surface area contributed by atoms with Crippen molar-refractivity contribution in [3.63, 3.8) is 0 Å². The number of hydrogen-bond acceptors (Lipinski definition) is 3. The highest BCUT2D eigenvalue weighted by Crippen LogP contribution is 2.22. The molecule has 0 saturated carbocycles. The summed E-state index contributed by atoms with van der Waals surface area (Å²) in [6.07, 6.45) is 0. The van der Waals surface area contributed by atoms with E-state index < -0.39 is 0 Å². The number of benzene rings is 2. The van der Waals surface area contributed by atoms with Crippen molar-refractivity contribution in [2.75, 3.05) is 19.1 Å². The normalized spacial score (nSPS) is 10.4. The lowest BCUT2D eigenvalue weighted by Gasteiger charge is -2.20. The Bertz CT molecular complexity index is 564. The van der Waals surface area contributed by atoms with E-state index in [1.165, 1.54) is 16.8 Å². The second-order valence-electron chi connectivity index (χ2n) is 5.04. The predicted molar refractivity (Wildman–Crippen MR) is 84.2 cm³/mol. The molecular weight excluding hydrogens is 248 g/mol. The molecule has 0 heterocycles. The van der Waals surface area contributed by atoms with E-state index in [-0.39, 0.29) is 0 Å². The van der Waals surface area contributed by atoms with Gasteiger partial charge in [0.1, 0.15) is 5.75 Å². The molecule has 0 fully saturated rings. The number of nitrogens with two attached hydrogens (primary N) is 1. The lowest BCUT2D eigenvalue weighted by molar-refractivity contribution is 0.409. The van der Waals surface area contributed by atoms with Crippen molar-refractivity contribution in [1.82, 2.24) is 0 Å². The quantitative estimate of drug-likeness (QED) is 0.907. The molecule has 0 spiro atoms. The van der Waals surface area contributed by atoms with Gasteiger partial charge in [-0.3, -0.25) is 0 Å². The van der Waals surface area contributed by atoms with Crippen molar-refractivity contribution in [2.24, 2.45) is 5.73 Å². The number of hydrogen-bond donors (Lipinski definition) is 1. The van der Waals surface area contributed by atoms with Crippen LogP contribution in [-0.4, -0.2) is 14.2 Å². The molecule has 0 amide bonds. The Hall–Kier alpha value is -2.00. The van der Waals surface area contributed by atoms with Crippen LogP contribution in [-0.2, 0) is 13.1 Å². The van der Waals surface area contributed by atoms with Gasteiger partial charge in [-0.25, -0.2) is 0 Å². The fraction of sp³-hybridized carbons (Fsp3) is 0.294. The Kier molecular flexibility index (Phi) is 4.64. The van der Waals surface area contributed by atoms with Gasteiger partial charge in [-0.2, -0.15) is 0 Å². The maximum atomic E-state index is 5.76. The van der Waals surface area contributed by atoms with E-state index in [0.29, 0.717) is 6.54 Å². The molecule has 0 atom stereocenters. The van der Waals surface area contributed by atoms with E-state index in [1.807, 2.05) is 6.07 Å². The minimum Gasteiger partial charge on any atom is -0.496 e. The predicted octanol–water partition coefficient (Wildman–Crippen LogP) is 3.10. The van der Waals surface area contributed by atoms with E-state index in [2.05, 4.69) is 55.3 Å². The summed E-state index contributed by atoms with van der Waals surface area (Å²) in [5.41, 5.74) is 10.5. The van der Waals surface area contributed by atoms with Crippen LogP contribution in [0.3, 0.4) is 0 Å². The first-order valence-corrected chi connectivity index (χ1v) is 6.77. The second-order valence-corrected chi connectivity index (χ2v) is 5.04. The molecule has 0 bridgehead atoms. The average Bonchev–Trinajstić information content (AvgIpc) is 2.47. The van der Waals surface area contributed by atoms with Crippen LogP contribution in [0.2, 0.25) is 0 Å².